The number of hydrogen-bond donors (Lipinski definition) is 1. The fourth-order valence-corrected chi connectivity index (χ4v) is 2.83. The molecule has 3 aromatic rings. The van der Waals surface area contributed by atoms with Crippen LogP contribution in [0, 0.1) is 6.92 Å². The topological polar surface area (TPSA) is 46.9 Å². The molecule has 0 aliphatic carbocycles. The van der Waals surface area contributed by atoms with Gasteiger partial charge >= 0.3 is 0 Å². The fourth-order valence-electron chi connectivity index (χ4n) is 2.72. The highest BCUT2D eigenvalue weighted by molar-refractivity contribution is 6.30. The molecular weight excluding hydrogens is 298 g/mol. The van der Waals surface area contributed by atoms with Crippen LogP contribution in [0.1, 0.15) is 23.0 Å². The first-order chi connectivity index (χ1) is 10.6. The normalized spacial score (nSPS) is 10.9. The van der Waals surface area contributed by atoms with Crippen LogP contribution in [-0.2, 0) is 6.54 Å². The summed E-state index contributed by atoms with van der Waals surface area (Å²) in [5, 5.41) is 4.47. The zero-order valence-corrected chi connectivity index (χ0v) is 13.2. The standard InChI is InChI=1S/C17H16ClN3O/c1-3-21-14-7-5-4-6-13(14)11(2)16(21)17(22)20-15-9-8-12(18)10-19-15/h4-10H,3H2,1-2H3,(H,19,20,22). The molecular formula is C17H16ClN3O. The molecule has 1 N–H and O–H groups in total. The number of nitrogens with one attached hydrogen (secondary N) is 1. The number of hydrogen-bond acceptors (Lipinski definition) is 2. The first kappa shape index (κ1) is 14.6. The second-order valence-electron chi connectivity index (χ2n) is 5.05. The van der Waals surface area contributed by atoms with Gasteiger partial charge in [-0.05, 0) is 37.6 Å². The summed E-state index contributed by atoms with van der Waals surface area (Å²) in [6.45, 7) is 4.73. The molecule has 1 amide bonds. The Bertz CT molecular complexity index is 837. The van der Waals surface area contributed by atoms with E-state index in [1.807, 2.05) is 42.7 Å². The Balaban J connectivity index is 2.03. The first-order valence-electron chi connectivity index (χ1n) is 7.12. The number of benzene rings is 1. The van der Waals surface area contributed by atoms with E-state index < -0.39 is 0 Å². The van der Waals surface area contributed by atoms with E-state index in [1.165, 1.54) is 6.20 Å². The van der Waals surface area contributed by atoms with Crippen molar-refractivity contribution < 1.29 is 4.79 Å². The summed E-state index contributed by atoms with van der Waals surface area (Å²) < 4.78 is 2.02. The molecule has 0 radical (unpaired) electrons. The third kappa shape index (κ3) is 2.46. The Morgan fingerprint density at radius 1 is 1.27 bits per heavy atom. The van der Waals surface area contributed by atoms with Crippen LogP contribution in [0.5, 0.6) is 0 Å². The summed E-state index contributed by atoms with van der Waals surface area (Å²) in [5.41, 5.74) is 2.71. The van der Waals surface area contributed by atoms with Crippen molar-refractivity contribution in [1.29, 1.82) is 0 Å². The summed E-state index contributed by atoms with van der Waals surface area (Å²) in [5.74, 6) is 0.326. The van der Waals surface area contributed by atoms with Crippen molar-refractivity contribution >= 4 is 34.2 Å². The van der Waals surface area contributed by atoms with E-state index in [1.54, 1.807) is 12.1 Å². The van der Waals surface area contributed by atoms with Gasteiger partial charge in [-0.15, -0.1) is 0 Å². The Morgan fingerprint density at radius 2 is 2.05 bits per heavy atom. The fraction of sp³-hybridized carbons (Fsp3) is 0.176. The third-order valence-corrected chi connectivity index (χ3v) is 3.95. The Kier molecular flexibility index (Phi) is 3.86. The number of pyridine rings is 1. The molecule has 0 aliphatic heterocycles. The van der Waals surface area contributed by atoms with Crippen LogP contribution in [0.4, 0.5) is 5.82 Å². The SMILES string of the molecule is CCn1c(C(=O)Nc2ccc(Cl)cn2)c(C)c2ccccc21. The molecule has 0 fully saturated rings. The molecule has 0 spiro atoms. The number of carbonyl (C=O) groups excluding carboxylic acids is 1. The van der Waals surface area contributed by atoms with Gasteiger partial charge in [0.1, 0.15) is 11.5 Å². The average Bonchev–Trinajstić information content (AvgIpc) is 2.82. The lowest BCUT2D eigenvalue weighted by atomic mass is 10.1. The van der Waals surface area contributed by atoms with Gasteiger partial charge in [-0.3, -0.25) is 4.79 Å². The number of halogens is 1. The molecule has 22 heavy (non-hydrogen) atoms. The van der Waals surface area contributed by atoms with Gasteiger partial charge in [0.05, 0.1) is 5.02 Å². The lowest BCUT2D eigenvalue weighted by Gasteiger charge is -2.09. The van der Waals surface area contributed by atoms with E-state index in [0.29, 0.717) is 16.5 Å². The maximum atomic E-state index is 12.7. The van der Waals surface area contributed by atoms with Crippen molar-refractivity contribution in [3.63, 3.8) is 0 Å². The first-order valence-corrected chi connectivity index (χ1v) is 7.50. The highest BCUT2D eigenvalue weighted by Crippen LogP contribution is 2.26. The van der Waals surface area contributed by atoms with Gasteiger partial charge in [-0.25, -0.2) is 4.98 Å². The lowest BCUT2D eigenvalue weighted by molar-refractivity contribution is 0.101. The molecule has 0 saturated carbocycles. The number of para-hydroxylation sites is 1. The molecule has 2 heterocycles. The monoisotopic (exact) mass is 313 g/mol. The smallest absolute Gasteiger partial charge is 0.273 e. The summed E-state index contributed by atoms with van der Waals surface area (Å²) in [6, 6.07) is 11.4. The highest BCUT2D eigenvalue weighted by Gasteiger charge is 2.19. The quantitative estimate of drug-likeness (QED) is 0.785. The second kappa shape index (κ2) is 5.81. The van der Waals surface area contributed by atoms with Crippen molar-refractivity contribution in [1.82, 2.24) is 9.55 Å². The number of aromatic nitrogens is 2. The molecule has 0 atom stereocenters. The summed E-state index contributed by atoms with van der Waals surface area (Å²) >= 11 is 5.81. The molecule has 3 rings (SSSR count). The van der Waals surface area contributed by atoms with Crippen molar-refractivity contribution in [3.05, 3.63) is 58.9 Å². The van der Waals surface area contributed by atoms with Crippen molar-refractivity contribution in [2.45, 2.75) is 20.4 Å². The maximum Gasteiger partial charge on any atom is 0.273 e. The molecule has 5 heteroatoms. The van der Waals surface area contributed by atoms with E-state index in [4.69, 9.17) is 11.6 Å². The second-order valence-corrected chi connectivity index (χ2v) is 5.49. The maximum absolute atomic E-state index is 12.7. The zero-order valence-electron chi connectivity index (χ0n) is 12.4. The van der Waals surface area contributed by atoms with Crippen LogP contribution in [0.25, 0.3) is 10.9 Å². The molecule has 0 aliphatic rings. The van der Waals surface area contributed by atoms with Gasteiger partial charge in [0, 0.05) is 23.6 Å². The minimum Gasteiger partial charge on any atom is -0.337 e. The van der Waals surface area contributed by atoms with Gasteiger partial charge in [0.25, 0.3) is 5.91 Å². The van der Waals surface area contributed by atoms with Crippen LogP contribution < -0.4 is 5.32 Å². The molecule has 112 valence electrons. The predicted molar refractivity (Wildman–Crippen MR) is 89.5 cm³/mol. The predicted octanol–water partition coefficient (Wildman–Crippen LogP) is 4.27. The Morgan fingerprint density at radius 3 is 2.73 bits per heavy atom. The number of nitrogens with zero attached hydrogens (tertiary/aromatic N) is 2. The number of rotatable bonds is 3. The van der Waals surface area contributed by atoms with E-state index in [-0.39, 0.29) is 5.91 Å². The van der Waals surface area contributed by atoms with Crippen molar-refractivity contribution in [2.24, 2.45) is 0 Å². The molecule has 4 nitrogen and oxygen atoms in total. The minimum atomic E-state index is -0.162. The average molecular weight is 314 g/mol. The molecule has 0 saturated heterocycles. The zero-order chi connectivity index (χ0) is 15.7. The van der Waals surface area contributed by atoms with Gasteiger partial charge in [0.2, 0.25) is 0 Å². The van der Waals surface area contributed by atoms with E-state index in [9.17, 15) is 4.79 Å². The van der Waals surface area contributed by atoms with Crippen LogP contribution in [0.15, 0.2) is 42.6 Å². The van der Waals surface area contributed by atoms with E-state index >= 15 is 0 Å². The molecule has 2 aromatic heterocycles. The number of amides is 1. The van der Waals surface area contributed by atoms with Gasteiger partial charge in [-0.2, -0.15) is 0 Å². The number of carbonyl (C=O) groups is 1. The van der Waals surface area contributed by atoms with Crippen LogP contribution in [0.3, 0.4) is 0 Å². The summed E-state index contributed by atoms with van der Waals surface area (Å²) in [7, 11) is 0. The van der Waals surface area contributed by atoms with Crippen LogP contribution >= 0.6 is 11.6 Å². The molecule has 0 unspecified atom stereocenters. The number of fused-ring (bicyclic) bond motifs is 1. The minimum absolute atomic E-state index is 0.162. The summed E-state index contributed by atoms with van der Waals surface area (Å²) in [6.07, 6.45) is 1.51. The largest absolute Gasteiger partial charge is 0.337 e. The van der Waals surface area contributed by atoms with Gasteiger partial charge in [-0.1, -0.05) is 29.8 Å². The molecule has 0 bridgehead atoms. The number of anilines is 1. The Hall–Kier alpha value is -2.33. The summed E-state index contributed by atoms with van der Waals surface area (Å²) in [4.78, 5) is 16.8. The van der Waals surface area contributed by atoms with E-state index in [0.717, 1.165) is 23.0 Å². The van der Waals surface area contributed by atoms with Crippen LogP contribution in [-0.4, -0.2) is 15.5 Å². The molecule has 1 aromatic carbocycles. The number of aryl methyl sites for hydroxylation is 2. The van der Waals surface area contributed by atoms with Crippen LogP contribution in [0.2, 0.25) is 5.02 Å². The highest BCUT2D eigenvalue weighted by atomic mass is 35.5. The van der Waals surface area contributed by atoms with Crippen molar-refractivity contribution in [2.75, 3.05) is 5.32 Å². The van der Waals surface area contributed by atoms with Gasteiger partial charge in [0.15, 0.2) is 0 Å². The lowest BCUT2D eigenvalue weighted by Crippen LogP contribution is -2.18. The Labute approximate surface area is 133 Å². The van der Waals surface area contributed by atoms with Gasteiger partial charge < -0.3 is 9.88 Å². The van der Waals surface area contributed by atoms with E-state index in [2.05, 4.69) is 10.3 Å². The third-order valence-electron chi connectivity index (χ3n) is 3.72. The van der Waals surface area contributed by atoms with Crippen molar-refractivity contribution in [3.8, 4) is 0 Å².